The van der Waals surface area contributed by atoms with Gasteiger partial charge in [0.2, 0.25) is 0 Å². The number of para-hydroxylation sites is 1. The van der Waals surface area contributed by atoms with E-state index in [9.17, 15) is 0 Å². The van der Waals surface area contributed by atoms with Crippen LogP contribution < -0.4 is 4.90 Å². The first-order valence-corrected chi connectivity index (χ1v) is 6.64. The summed E-state index contributed by atoms with van der Waals surface area (Å²) in [6, 6.07) is 12.6. The number of rotatable bonds is 2. The standard InChI is InChI=1S/C15H15ClN2/c16-15-13(6-3-9-17-15)11-18-10-4-7-12-5-1-2-8-14(12)18/h1-3,5-6,8-9H,4,7,10-11H2. The van der Waals surface area contributed by atoms with Crippen molar-refractivity contribution in [2.24, 2.45) is 0 Å². The molecule has 0 spiro atoms. The molecule has 1 aromatic heterocycles. The summed E-state index contributed by atoms with van der Waals surface area (Å²) in [6.45, 7) is 1.92. The molecular formula is C15H15ClN2. The van der Waals surface area contributed by atoms with Crippen LogP contribution in [0.4, 0.5) is 5.69 Å². The zero-order chi connectivity index (χ0) is 12.4. The number of nitrogens with zero attached hydrogens (tertiary/aromatic N) is 2. The Morgan fingerprint density at radius 2 is 2.06 bits per heavy atom. The predicted octanol–water partition coefficient (Wildman–Crippen LogP) is 3.69. The molecule has 0 aliphatic carbocycles. The summed E-state index contributed by atoms with van der Waals surface area (Å²) in [5, 5.41) is 0.612. The fraction of sp³-hybridized carbons (Fsp3) is 0.267. The van der Waals surface area contributed by atoms with Crippen LogP contribution in [0.2, 0.25) is 5.15 Å². The van der Waals surface area contributed by atoms with E-state index in [1.54, 1.807) is 6.20 Å². The number of hydrogen-bond acceptors (Lipinski definition) is 2. The van der Waals surface area contributed by atoms with Gasteiger partial charge in [0.15, 0.2) is 0 Å². The topological polar surface area (TPSA) is 16.1 Å². The van der Waals surface area contributed by atoms with E-state index >= 15 is 0 Å². The Hall–Kier alpha value is -1.54. The molecule has 3 rings (SSSR count). The third kappa shape index (κ3) is 2.21. The minimum atomic E-state index is 0.612. The number of halogens is 1. The molecule has 0 atom stereocenters. The summed E-state index contributed by atoms with van der Waals surface area (Å²) in [7, 11) is 0. The smallest absolute Gasteiger partial charge is 0.133 e. The molecule has 92 valence electrons. The van der Waals surface area contributed by atoms with Crippen LogP contribution in [0.1, 0.15) is 17.5 Å². The van der Waals surface area contributed by atoms with Gasteiger partial charge in [-0.15, -0.1) is 0 Å². The van der Waals surface area contributed by atoms with Crippen molar-refractivity contribution >= 4 is 17.3 Å². The largest absolute Gasteiger partial charge is 0.367 e. The van der Waals surface area contributed by atoms with Crippen LogP contribution in [-0.2, 0) is 13.0 Å². The van der Waals surface area contributed by atoms with Crippen molar-refractivity contribution in [1.29, 1.82) is 0 Å². The van der Waals surface area contributed by atoms with Crippen LogP contribution >= 0.6 is 11.6 Å². The summed E-state index contributed by atoms with van der Waals surface area (Å²) in [6.07, 6.45) is 4.11. The third-order valence-corrected chi connectivity index (χ3v) is 3.74. The Bertz CT molecular complexity index is 554. The van der Waals surface area contributed by atoms with Gasteiger partial charge < -0.3 is 4.90 Å². The molecule has 18 heavy (non-hydrogen) atoms. The van der Waals surface area contributed by atoms with E-state index in [4.69, 9.17) is 11.6 Å². The molecule has 0 radical (unpaired) electrons. The molecule has 0 unspecified atom stereocenters. The van der Waals surface area contributed by atoms with Gasteiger partial charge in [-0.25, -0.2) is 4.98 Å². The number of aromatic nitrogens is 1. The molecule has 0 N–H and O–H groups in total. The highest BCUT2D eigenvalue weighted by atomic mass is 35.5. The molecule has 0 fully saturated rings. The first kappa shape index (κ1) is 11.5. The molecule has 1 aromatic carbocycles. The highest BCUT2D eigenvalue weighted by Crippen LogP contribution is 2.28. The van der Waals surface area contributed by atoms with Crippen LogP contribution in [-0.4, -0.2) is 11.5 Å². The molecule has 0 amide bonds. The third-order valence-electron chi connectivity index (χ3n) is 3.40. The SMILES string of the molecule is Clc1ncccc1CN1CCCc2ccccc21. The van der Waals surface area contributed by atoms with Gasteiger partial charge in [0.1, 0.15) is 5.15 Å². The Morgan fingerprint density at radius 1 is 1.17 bits per heavy atom. The number of pyridine rings is 1. The molecule has 3 heteroatoms. The van der Waals surface area contributed by atoms with Crippen LogP contribution in [0, 0.1) is 0 Å². The fourth-order valence-corrected chi connectivity index (χ4v) is 2.70. The van der Waals surface area contributed by atoms with Crippen molar-refractivity contribution in [2.45, 2.75) is 19.4 Å². The predicted molar refractivity (Wildman–Crippen MR) is 75.1 cm³/mol. The van der Waals surface area contributed by atoms with E-state index in [2.05, 4.69) is 34.1 Å². The summed E-state index contributed by atoms with van der Waals surface area (Å²) in [4.78, 5) is 6.53. The number of anilines is 1. The van der Waals surface area contributed by atoms with Gasteiger partial charge in [0.25, 0.3) is 0 Å². The summed E-state index contributed by atoms with van der Waals surface area (Å²) >= 11 is 6.13. The first-order valence-electron chi connectivity index (χ1n) is 6.27. The van der Waals surface area contributed by atoms with E-state index in [0.717, 1.165) is 18.7 Å². The molecule has 2 heterocycles. The molecule has 1 aliphatic heterocycles. The van der Waals surface area contributed by atoms with Crippen molar-refractivity contribution in [2.75, 3.05) is 11.4 Å². The maximum atomic E-state index is 6.13. The monoisotopic (exact) mass is 258 g/mol. The Labute approximate surface area is 112 Å². The second-order valence-corrected chi connectivity index (χ2v) is 4.97. The van der Waals surface area contributed by atoms with Gasteiger partial charge in [-0.2, -0.15) is 0 Å². The molecular weight excluding hydrogens is 244 g/mol. The number of aryl methyl sites for hydroxylation is 1. The van der Waals surface area contributed by atoms with Crippen molar-refractivity contribution in [3.8, 4) is 0 Å². The number of fused-ring (bicyclic) bond motifs is 1. The van der Waals surface area contributed by atoms with Gasteiger partial charge in [-0.3, -0.25) is 0 Å². The van der Waals surface area contributed by atoms with Crippen LogP contribution in [0.5, 0.6) is 0 Å². The highest BCUT2D eigenvalue weighted by molar-refractivity contribution is 6.30. The van der Waals surface area contributed by atoms with Gasteiger partial charge in [-0.05, 0) is 30.5 Å². The lowest BCUT2D eigenvalue weighted by Crippen LogP contribution is -2.28. The van der Waals surface area contributed by atoms with Crippen molar-refractivity contribution < 1.29 is 0 Å². The van der Waals surface area contributed by atoms with E-state index in [-0.39, 0.29) is 0 Å². The van der Waals surface area contributed by atoms with E-state index in [1.807, 2.05) is 12.1 Å². The second-order valence-electron chi connectivity index (χ2n) is 4.61. The van der Waals surface area contributed by atoms with Crippen LogP contribution in [0.25, 0.3) is 0 Å². The first-order chi connectivity index (χ1) is 8.84. The van der Waals surface area contributed by atoms with Crippen LogP contribution in [0.15, 0.2) is 42.6 Å². The molecule has 0 saturated carbocycles. The van der Waals surface area contributed by atoms with Crippen molar-refractivity contribution in [3.63, 3.8) is 0 Å². The van der Waals surface area contributed by atoms with Crippen molar-refractivity contribution in [3.05, 3.63) is 58.9 Å². The lowest BCUT2D eigenvalue weighted by Gasteiger charge is -2.31. The molecule has 2 aromatic rings. The molecule has 2 nitrogen and oxygen atoms in total. The Kier molecular flexibility index (Phi) is 3.20. The Morgan fingerprint density at radius 3 is 2.94 bits per heavy atom. The number of hydrogen-bond donors (Lipinski definition) is 0. The minimum Gasteiger partial charge on any atom is -0.367 e. The highest BCUT2D eigenvalue weighted by Gasteiger charge is 2.17. The Balaban J connectivity index is 1.89. The maximum absolute atomic E-state index is 6.13. The fourth-order valence-electron chi connectivity index (χ4n) is 2.52. The molecule has 0 bridgehead atoms. The average molecular weight is 259 g/mol. The lowest BCUT2D eigenvalue weighted by atomic mass is 10.0. The zero-order valence-corrected chi connectivity index (χ0v) is 10.9. The van der Waals surface area contributed by atoms with E-state index < -0.39 is 0 Å². The summed E-state index contributed by atoms with van der Waals surface area (Å²) in [5.74, 6) is 0. The quantitative estimate of drug-likeness (QED) is 0.764. The van der Waals surface area contributed by atoms with E-state index in [0.29, 0.717) is 5.15 Å². The van der Waals surface area contributed by atoms with Gasteiger partial charge >= 0.3 is 0 Å². The number of benzene rings is 1. The minimum absolute atomic E-state index is 0.612. The second kappa shape index (κ2) is 4.99. The summed E-state index contributed by atoms with van der Waals surface area (Å²) in [5.41, 5.74) is 3.86. The summed E-state index contributed by atoms with van der Waals surface area (Å²) < 4.78 is 0. The van der Waals surface area contributed by atoms with Crippen LogP contribution in [0.3, 0.4) is 0 Å². The van der Waals surface area contributed by atoms with Gasteiger partial charge in [0.05, 0.1) is 0 Å². The molecule has 1 aliphatic rings. The normalized spacial score (nSPS) is 14.4. The lowest BCUT2D eigenvalue weighted by molar-refractivity contribution is 0.690. The van der Waals surface area contributed by atoms with Crippen molar-refractivity contribution in [1.82, 2.24) is 4.98 Å². The maximum Gasteiger partial charge on any atom is 0.133 e. The van der Waals surface area contributed by atoms with Gasteiger partial charge in [0, 0.05) is 30.5 Å². The molecule has 0 saturated heterocycles. The zero-order valence-electron chi connectivity index (χ0n) is 10.1. The van der Waals surface area contributed by atoms with E-state index in [1.165, 1.54) is 24.1 Å². The van der Waals surface area contributed by atoms with Gasteiger partial charge in [-0.1, -0.05) is 35.9 Å². The average Bonchev–Trinajstić information content (AvgIpc) is 2.42.